The van der Waals surface area contributed by atoms with Crippen LogP contribution < -0.4 is 21.2 Å². The van der Waals surface area contributed by atoms with Gasteiger partial charge in [0.1, 0.15) is 29.7 Å². The van der Waals surface area contributed by atoms with Crippen LogP contribution in [0.3, 0.4) is 0 Å². The Morgan fingerprint density at radius 1 is 1.45 bits per heavy atom. The van der Waals surface area contributed by atoms with Gasteiger partial charge in [0.15, 0.2) is 5.82 Å². The number of amides is 1. The molecule has 0 saturated heterocycles. The molecule has 8 nitrogen and oxygen atoms in total. The topological polar surface area (TPSA) is 95.2 Å². The maximum absolute atomic E-state index is 14.2. The average molecular weight is 421 g/mol. The molecule has 2 unspecified atom stereocenters. The van der Waals surface area contributed by atoms with Gasteiger partial charge < -0.3 is 20.7 Å². The lowest BCUT2D eigenvalue weighted by Crippen LogP contribution is -2.44. The molecular formula is C19H22ClFN6O2. The third-order valence-electron chi connectivity index (χ3n) is 4.98. The minimum Gasteiger partial charge on any atom is -0.488 e. The van der Waals surface area contributed by atoms with E-state index in [1.807, 2.05) is 18.7 Å². The second-order valence-electron chi connectivity index (χ2n) is 6.99. The van der Waals surface area contributed by atoms with Crippen molar-refractivity contribution in [1.29, 1.82) is 0 Å². The lowest BCUT2D eigenvalue weighted by atomic mass is 10.1. The molecule has 1 aromatic carbocycles. The molecule has 3 aliphatic heterocycles. The zero-order chi connectivity index (χ0) is 20.7. The minimum absolute atomic E-state index is 0.0125. The molecule has 0 aliphatic carbocycles. The zero-order valence-electron chi connectivity index (χ0n) is 16.1. The number of aliphatic imine (C=N–C) groups is 1. The summed E-state index contributed by atoms with van der Waals surface area (Å²) in [5.41, 5.74) is 9.97. The summed E-state index contributed by atoms with van der Waals surface area (Å²) in [6, 6.07) is 2.83. The van der Waals surface area contributed by atoms with Crippen LogP contribution in [0.25, 0.3) is 0 Å². The van der Waals surface area contributed by atoms with Gasteiger partial charge in [-0.3, -0.25) is 9.80 Å². The Hall–Kier alpha value is -2.62. The smallest absolute Gasteiger partial charge is 0.254 e. The van der Waals surface area contributed by atoms with E-state index >= 15 is 0 Å². The summed E-state index contributed by atoms with van der Waals surface area (Å²) in [7, 11) is 0. The number of hydrogen-bond acceptors (Lipinski definition) is 7. The fourth-order valence-electron chi connectivity index (χ4n) is 3.45. The Morgan fingerprint density at radius 3 is 3.00 bits per heavy atom. The molecule has 0 fully saturated rings. The summed E-state index contributed by atoms with van der Waals surface area (Å²) in [6.45, 7) is 4.88. The summed E-state index contributed by atoms with van der Waals surface area (Å²) in [5, 5.41) is 4.47. The van der Waals surface area contributed by atoms with Crippen molar-refractivity contribution in [2.24, 2.45) is 10.7 Å². The number of ether oxygens (including phenoxy) is 1. The Morgan fingerprint density at radius 2 is 2.24 bits per heavy atom. The number of halogens is 2. The Labute approximate surface area is 172 Å². The largest absolute Gasteiger partial charge is 0.488 e. The summed E-state index contributed by atoms with van der Waals surface area (Å²) < 4.78 is 20.2. The van der Waals surface area contributed by atoms with Crippen molar-refractivity contribution in [2.75, 3.05) is 13.1 Å². The van der Waals surface area contributed by atoms with Gasteiger partial charge in [0.2, 0.25) is 0 Å². The van der Waals surface area contributed by atoms with E-state index in [2.05, 4.69) is 15.7 Å². The molecule has 2 bridgehead atoms. The number of likely N-dealkylation sites (N-methyl/N-ethyl adjacent to an activating group) is 1. The first-order chi connectivity index (χ1) is 13.9. The maximum atomic E-state index is 14.2. The summed E-state index contributed by atoms with van der Waals surface area (Å²) in [5.74, 6) is 0.675. The highest BCUT2D eigenvalue weighted by molar-refractivity contribution is 6.31. The molecule has 0 saturated carbocycles. The number of carbonyl (C=O) groups excluding carboxylic acids is 1. The highest BCUT2D eigenvalue weighted by Crippen LogP contribution is 2.32. The molecule has 29 heavy (non-hydrogen) atoms. The molecular weight excluding hydrogens is 399 g/mol. The summed E-state index contributed by atoms with van der Waals surface area (Å²) >= 11 is 6.29. The van der Waals surface area contributed by atoms with Crippen molar-refractivity contribution in [3.05, 3.63) is 52.2 Å². The lowest BCUT2D eigenvalue weighted by Gasteiger charge is -2.28. The Balaban J connectivity index is 1.83. The van der Waals surface area contributed by atoms with Crippen LogP contribution in [0.4, 0.5) is 4.39 Å². The third kappa shape index (κ3) is 3.57. The first-order valence-electron chi connectivity index (χ1n) is 9.37. The fourth-order valence-corrected chi connectivity index (χ4v) is 3.66. The second-order valence-corrected chi connectivity index (χ2v) is 7.37. The monoisotopic (exact) mass is 420 g/mol. The molecule has 3 heterocycles. The number of hydrogen-bond donors (Lipinski definition) is 3. The van der Waals surface area contributed by atoms with Crippen LogP contribution in [0.15, 0.2) is 40.8 Å². The quantitative estimate of drug-likeness (QED) is 0.636. The minimum atomic E-state index is -0.685. The molecule has 0 radical (unpaired) electrons. The van der Waals surface area contributed by atoms with Gasteiger partial charge in [0, 0.05) is 24.9 Å². The number of hydrazine groups is 1. The number of nitrogens with one attached hydrogen (secondary N) is 2. The van der Waals surface area contributed by atoms with E-state index in [1.165, 1.54) is 6.07 Å². The predicted octanol–water partition coefficient (Wildman–Crippen LogP) is 1.44. The molecule has 3 aliphatic rings. The fraction of sp³-hybridized carbons (Fsp3) is 0.368. The van der Waals surface area contributed by atoms with E-state index in [9.17, 15) is 9.18 Å². The van der Waals surface area contributed by atoms with E-state index in [4.69, 9.17) is 22.1 Å². The summed E-state index contributed by atoms with van der Waals surface area (Å²) in [6.07, 6.45) is 2.50. The molecule has 1 amide bonds. The normalized spacial score (nSPS) is 24.2. The molecule has 4 rings (SSSR count). The lowest BCUT2D eigenvalue weighted by molar-refractivity contribution is -0.118. The van der Waals surface area contributed by atoms with Crippen LogP contribution in [0.1, 0.15) is 19.4 Å². The van der Waals surface area contributed by atoms with Crippen LogP contribution in [0, 0.1) is 5.82 Å². The van der Waals surface area contributed by atoms with Crippen LogP contribution in [0.5, 0.6) is 5.75 Å². The van der Waals surface area contributed by atoms with Crippen LogP contribution in [0.2, 0.25) is 5.02 Å². The number of amidine groups is 1. The van der Waals surface area contributed by atoms with E-state index in [0.717, 1.165) is 0 Å². The second kappa shape index (κ2) is 7.66. The van der Waals surface area contributed by atoms with Crippen molar-refractivity contribution in [2.45, 2.75) is 32.7 Å². The van der Waals surface area contributed by atoms with Crippen LogP contribution in [-0.4, -0.2) is 47.0 Å². The highest BCUT2D eigenvalue weighted by atomic mass is 35.5. The van der Waals surface area contributed by atoms with E-state index in [0.29, 0.717) is 41.6 Å². The van der Waals surface area contributed by atoms with Gasteiger partial charge in [-0.2, -0.15) is 0 Å². The molecule has 10 heteroatoms. The number of carbonyl (C=O) groups is 1. The van der Waals surface area contributed by atoms with E-state index in [1.54, 1.807) is 23.4 Å². The number of rotatable bonds is 1. The Bertz CT molecular complexity index is 947. The number of nitrogens with two attached hydrogens (primary N) is 1. The molecule has 0 aromatic heterocycles. The number of fused-ring (bicyclic) bond motifs is 1. The van der Waals surface area contributed by atoms with Gasteiger partial charge in [-0.1, -0.05) is 11.6 Å². The standard InChI is InChI=1S/C19H22ClFN6O2/c1-3-26-9-11-13(5-4-12(21)16(11)20)29-10(2)8-23-19(28)15-17(22)25-27-7-6-14(26)24-18(15)27/h4-7,10,17,25H,3,8-9,22H2,1-2H3,(H,23,28). The SMILES string of the molecule is CCN1Cc2c(ccc(F)c2Cl)OC(C)CNC(=O)C2=C3N=C1C=CN3NC2N. The third-order valence-corrected chi connectivity index (χ3v) is 5.39. The van der Waals surface area contributed by atoms with Gasteiger partial charge >= 0.3 is 0 Å². The van der Waals surface area contributed by atoms with Gasteiger partial charge in [0.05, 0.1) is 17.1 Å². The van der Waals surface area contributed by atoms with Gasteiger partial charge in [-0.15, -0.1) is 0 Å². The van der Waals surface area contributed by atoms with Crippen molar-refractivity contribution in [1.82, 2.24) is 20.7 Å². The van der Waals surface area contributed by atoms with Gasteiger partial charge in [-0.05, 0) is 32.1 Å². The molecule has 4 N–H and O–H groups in total. The van der Waals surface area contributed by atoms with Crippen molar-refractivity contribution in [3.8, 4) is 5.75 Å². The van der Waals surface area contributed by atoms with Gasteiger partial charge in [-0.25, -0.2) is 14.8 Å². The Kier molecular flexibility index (Phi) is 5.20. The van der Waals surface area contributed by atoms with Crippen molar-refractivity contribution >= 4 is 23.3 Å². The van der Waals surface area contributed by atoms with Crippen molar-refractivity contribution < 1.29 is 13.9 Å². The van der Waals surface area contributed by atoms with Crippen LogP contribution >= 0.6 is 11.6 Å². The predicted molar refractivity (Wildman–Crippen MR) is 107 cm³/mol. The molecule has 2 atom stereocenters. The molecule has 0 spiro atoms. The van der Waals surface area contributed by atoms with E-state index in [-0.39, 0.29) is 23.6 Å². The zero-order valence-corrected chi connectivity index (χ0v) is 16.8. The number of benzene rings is 1. The van der Waals surface area contributed by atoms with Crippen molar-refractivity contribution in [3.63, 3.8) is 0 Å². The van der Waals surface area contributed by atoms with Gasteiger partial charge in [0.25, 0.3) is 5.91 Å². The van der Waals surface area contributed by atoms with Crippen LogP contribution in [-0.2, 0) is 11.3 Å². The maximum Gasteiger partial charge on any atom is 0.254 e. The number of nitrogens with zero attached hydrogens (tertiary/aromatic N) is 3. The van der Waals surface area contributed by atoms with E-state index < -0.39 is 12.0 Å². The highest BCUT2D eigenvalue weighted by Gasteiger charge is 2.35. The first kappa shape index (κ1) is 19.7. The molecule has 1 aromatic rings. The molecule has 154 valence electrons. The first-order valence-corrected chi connectivity index (χ1v) is 9.75. The summed E-state index contributed by atoms with van der Waals surface area (Å²) in [4.78, 5) is 19.4. The average Bonchev–Trinajstić information content (AvgIpc) is 3.03.